The van der Waals surface area contributed by atoms with Crippen molar-refractivity contribution in [3.8, 4) is 0 Å². The maximum absolute atomic E-state index is 2.81. The summed E-state index contributed by atoms with van der Waals surface area (Å²) in [5.41, 5.74) is 0. The van der Waals surface area contributed by atoms with E-state index < -0.39 is 0 Å². The molecule has 3 heterocycles. The van der Waals surface area contributed by atoms with Crippen LogP contribution >= 0.6 is 0 Å². The van der Waals surface area contributed by atoms with E-state index in [0.29, 0.717) is 0 Å². The lowest BCUT2D eigenvalue weighted by molar-refractivity contribution is 0.117. The molecular weight excluding hydrogens is 158 g/mol. The molecule has 3 aliphatic heterocycles. The maximum Gasteiger partial charge on any atom is 0.0124 e. The lowest BCUT2D eigenvalue weighted by Gasteiger charge is -2.37. The number of hydrogen-bond acceptors (Lipinski definition) is 1. The minimum Gasteiger partial charge on any atom is -0.300 e. The SMILES string of the molecule is C1CCC2C(C1)CC1CCN2CC1. The van der Waals surface area contributed by atoms with Crippen molar-refractivity contribution in [1.29, 1.82) is 0 Å². The summed E-state index contributed by atoms with van der Waals surface area (Å²) in [4.78, 5) is 2.81. The van der Waals surface area contributed by atoms with Crippen LogP contribution in [0.4, 0.5) is 0 Å². The van der Waals surface area contributed by atoms with Crippen LogP contribution in [0.2, 0.25) is 0 Å². The van der Waals surface area contributed by atoms with Gasteiger partial charge in [-0.25, -0.2) is 0 Å². The van der Waals surface area contributed by atoms with E-state index in [-0.39, 0.29) is 0 Å². The van der Waals surface area contributed by atoms with Gasteiger partial charge in [-0.15, -0.1) is 0 Å². The zero-order valence-electron chi connectivity index (χ0n) is 8.54. The molecule has 13 heavy (non-hydrogen) atoms. The number of nitrogens with zero attached hydrogens (tertiary/aromatic N) is 1. The van der Waals surface area contributed by atoms with E-state index in [0.717, 1.165) is 17.9 Å². The van der Waals surface area contributed by atoms with Crippen molar-refractivity contribution in [2.24, 2.45) is 11.8 Å². The fourth-order valence-electron chi connectivity index (χ4n) is 3.89. The summed E-state index contributed by atoms with van der Waals surface area (Å²) in [5, 5.41) is 0. The Bertz CT molecular complexity index is 182. The van der Waals surface area contributed by atoms with Gasteiger partial charge in [0.05, 0.1) is 0 Å². The summed E-state index contributed by atoms with van der Waals surface area (Å²) in [6.07, 6.45) is 10.7. The second kappa shape index (κ2) is 3.27. The number of hydrogen-bond donors (Lipinski definition) is 0. The van der Waals surface area contributed by atoms with Crippen LogP contribution in [0.5, 0.6) is 0 Å². The Morgan fingerprint density at radius 3 is 2.46 bits per heavy atom. The quantitative estimate of drug-likeness (QED) is 0.552. The van der Waals surface area contributed by atoms with Crippen LogP contribution in [-0.2, 0) is 0 Å². The average molecular weight is 179 g/mol. The third-order valence-corrected chi connectivity index (χ3v) is 4.62. The normalized spacial score (nSPS) is 49.8. The molecule has 4 fully saturated rings. The van der Waals surface area contributed by atoms with Crippen molar-refractivity contribution in [3.63, 3.8) is 0 Å². The molecule has 0 amide bonds. The molecule has 3 saturated heterocycles. The van der Waals surface area contributed by atoms with Crippen LogP contribution < -0.4 is 0 Å². The minimum absolute atomic E-state index is 1.00. The summed E-state index contributed by atoms with van der Waals surface area (Å²) in [7, 11) is 0. The van der Waals surface area contributed by atoms with Crippen LogP contribution in [0.25, 0.3) is 0 Å². The zero-order valence-corrected chi connectivity index (χ0v) is 8.54. The van der Waals surface area contributed by atoms with Gasteiger partial charge in [-0.2, -0.15) is 0 Å². The van der Waals surface area contributed by atoms with Crippen molar-refractivity contribution in [2.75, 3.05) is 13.1 Å². The largest absolute Gasteiger partial charge is 0.300 e. The summed E-state index contributed by atoms with van der Waals surface area (Å²) in [6, 6.07) is 1.00. The average Bonchev–Trinajstić information content (AvgIpc) is 2.46. The summed E-state index contributed by atoms with van der Waals surface area (Å²) < 4.78 is 0. The Labute approximate surface area is 81.5 Å². The Morgan fingerprint density at radius 1 is 0.846 bits per heavy atom. The molecule has 0 aromatic carbocycles. The van der Waals surface area contributed by atoms with E-state index in [1.54, 1.807) is 6.42 Å². The highest BCUT2D eigenvalue weighted by molar-refractivity contribution is 4.91. The second-order valence-corrected chi connectivity index (χ2v) is 5.33. The third-order valence-electron chi connectivity index (χ3n) is 4.62. The molecule has 0 aromatic heterocycles. The number of piperidine rings is 1. The van der Waals surface area contributed by atoms with Crippen LogP contribution in [0, 0.1) is 11.8 Å². The van der Waals surface area contributed by atoms with Gasteiger partial charge in [0.25, 0.3) is 0 Å². The first kappa shape index (κ1) is 8.28. The second-order valence-electron chi connectivity index (χ2n) is 5.33. The Hall–Kier alpha value is -0.0400. The van der Waals surface area contributed by atoms with Crippen molar-refractivity contribution in [1.82, 2.24) is 4.90 Å². The lowest BCUT2D eigenvalue weighted by atomic mass is 9.80. The molecule has 74 valence electrons. The predicted octanol–water partition coefficient (Wildman–Crippen LogP) is 2.66. The van der Waals surface area contributed by atoms with Gasteiger partial charge in [-0.05, 0) is 57.0 Å². The molecule has 2 bridgehead atoms. The van der Waals surface area contributed by atoms with E-state index in [9.17, 15) is 0 Å². The molecule has 4 aliphatic rings. The minimum atomic E-state index is 1.00. The maximum atomic E-state index is 2.81. The summed E-state index contributed by atoms with van der Waals surface area (Å²) >= 11 is 0. The first-order chi connectivity index (χ1) is 6.43. The van der Waals surface area contributed by atoms with Gasteiger partial charge in [0.15, 0.2) is 0 Å². The molecule has 1 heteroatoms. The monoisotopic (exact) mass is 179 g/mol. The molecule has 1 nitrogen and oxygen atoms in total. The van der Waals surface area contributed by atoms with Gasteiger partial charge in [0.2, 0.25) is 0 Å². The zero-order chi connectivity index (χ0) is 8.67. The first-order valence-corrected chi connectivity index (χ1v) is 6.17. The van der Waals surface area contributed by atoms with Gasteiger partial charge in [0, 0.05) is 6.04 Å². The van der Waals surface area contributed by atoms with Crippen LogP contribution in [-0.4, -0.2) is 24.0 Å². The molecular formula is C12H21N. The molecule has 2 atom stereocenters. The van der Waals surface area contributed by atoms with Gasteiger partial charge < -0.3 is 4.90 Å². The molecule has 1 aliphatic carbocycles. The van der Waals surface area contributed by atoms with E-state index >= 15 is 0 Å². The molecule has 0 radical (unpaired) electrons. The Balaban J connectivity index is 1.82. The molecule has 1 saturated carbocycles. The van der Waals surface area contributed by atoms with E-state index in [1.165, 1.54) is 51.6 Å². The van der Waals surface area contributed by atoms with E-state index in [2.05, 4.69) is 4.90 Å². The Kier molecular flexibility index (Phi) is 2.08. The third kappa shape index (κ3) is 1.41. The topological polar surface area (TPSA) is 3.24 Å². The summed E-state index contributed by atoms with van der Waals surface area (Å²) in [5.74, 6) is 2.19. The molecule has 2 unspecified atom stereocenters. The fraction of sp³-hybridized carbons (Fsp3) is 1.00. The highest BCUT2D eigenvalue weighted by atomic mass is 15.2. The standard InChI is InChI=1S/C12H21N/c1-2-4-12-11(3-1)9-10-5-7-13(12)8-6-10/h10-12H,1-9H2. The molecule has 4 rings (SSSR count). The van der Waals surface area contributed by atoms with Gasteiger partial charge >= 0.3 is 0 Å². The predicted molar refractivity (Wildman–Crippen MR) is 54.7 cm³/mol. The smallest absolute Gasteiger partial charge is 0.0124 e. The van der Waals surface area contributed by atoms with E-state index in [4.69, 9.17) is 0 Å². The fourth-order valence-corrected chi connectivity index (χ4v) is 3.89. The lowest BCUT2D eigenvalue weighted by Crippen LogP contribution is -2.42. The van der Waals surface area contributed by atoms with Crippen molar-refractivity contribution in [2.45, 2.75) is 51.0 Å². The number of rotatable bonds is 0. The highest BCUT2D eigenvalue weighted by Crippen LogP contribution is 2.40. The van der Waals surface area contributed by atoms with Crippen molar-refractivity contribution in [3.05, 3.63) is 0 Å². The molecule has 0 spiro atoms. The first-order valence-electron chi connectivity index (χ1n) is 6.17. The van der Waals surface area contributed by atoms with Crippen LogP contribution in [0.15, 0.2) is 0 Å². The van der Waals surface area contributed by atoms with Crippen LogP contribution in [0.1, 0.15) is 44.9 Å². The Morgan fingerprint density at radius 2 is 1.62 bits per heavy atom. The summed E-state index contributed by atoms with van der Waals surface area (Å²) in [6.45, 7) is 2.84. The van der Waals surface area contributed by atoms with Gasteiger partial charge in [0.1, 0.15) is 0 Å². The van der Waals surface area contributed by atoms with Crippen molar-refractivity contribution >= 4 is 0 Å². The molecule has 0 N–H and O–H groups in total. The van der Waals surface area contributed by atoms with Crippen molar-refractivity contribution < 1.29 is 0 Å². The van der Waals surface area contributed by atoms with Gasteiger partial charge in [-0.1, -0.05) is 12.8 Å². The van der Waals surface area contributed by atoms with Crippen LogP contribution in [0.3, 0.4) is 0 Å². The molecule has 0 aromatic rings. The van der Waals surface area contributed by atoms with E-state index in [1.807, 2.05) is 0 Å². The highest BCUT2D eigenvalue weighted by Gasteiger charge is 2.37. The number of fused-ring (bicyclic) bond motifs is 2. The van der Waals surface area contributed by atoms with Gasteiger partial charge in [-0.3, -0.25) is 0 Å².